The van der Waals surface area contributed by atoms with Gasteiger partial charge < -0.3 is 5.32 Å². The van der Waals surface area contributed by atoms with Crippen molar-refractivity contribution in [2.24, 2.45) is 11.8 Å². The Morgan fingerprint density at radius 1 is 1.21 bits per heavy atom. The number of rotatable bonds is 6. The number of carbonyl (C=O) groups excluding carboxylic acids is 1. The molecule has 0 spiro atoms. The molecule has 1 aliphatic rings. The predicted octanol–water partition coefficient (Wildman–Crippen LogP) is 4.33. The van der Waals surface area contributed by atoms with E-state index in [2.05, 4.69) is 41.1 Å². The van der Waals surface area contributed by atoms with E-state index in [0.717, 1.165) is 36.2 Å². The van der Waals surface area contributed by atoms with Crippen LogP contribution in [0, 0.1) is 11.8 Å². The quantitative estimate of drug-likeness (QED) is 0.370. The van der Waals surface area contributed by atoms with Gasteiger partial charge in [-0.3, -0.25) is 15.6 Å². The summed E-state index contributed by atoms with van der Waals surface area (Å²) in [6.07, 6.45) is 6.83. The lowest BCUT2D eigenvalue weighted by molar-refractivity contribution is -0.121. The van der Waals surface area contributed by atoms with Crippen LogP contribution < -0.4 is 16.2 Å². The molecule has 0 radical (unpaired) electrons. The van der Waals surface area contributed by atoms with Crippen molar-refractivity contribution < 1.29 is 4.79 Å². The first kappa shape index (κ1) is 21.0. The van der Waals surface area contributed by atoms with Crippen LogP contribution in [-0.2, 0) is 11.2 Å². The van der Waals surface area contributed by atoms with Gasteiger partial charge in [-0.15, -0.1) is 11.3 Å². The summed E-state index contributed by atoms with van der Waals surface area (Å²) in [5.41, 5.74) is 6.63. The predicted molar refractivity (Wildman–Crippen MR) is 120 cm³/mol. The van der Waals surface area contributed by atoms with Gasteiger partial charge in [0.15, 0.2) is 5.11 Å². The number of nitrogens with one attached hydrogen (secondary N) is 3. The number of unbranched alkanes of at least 4 members (excludes halogenated alkanes) is 1. The highest BCUT2D eigenvalue weighted by molar-refractivity contribution is 7.80. The van der Waals surface area contributed by atoms with Crippen LogP contribution >= 0.6 is 23.6 Å². The Hall–Kier alpha value is -1.73. The van der Waals surface area contributed by atoms with Crippen molar-refractivity contribution in [3.63, 3.8) is 0 Å². The third-order valence-electron chi connectivity index (χ3n) is 5.72. The zero-order valence-corrected chi connectivity index (χ0v) is 18.3. The molecule has 0 saturated heterocycles. The summed E-state index contributed by atoms with van der Waals surface area (Å²) in [6.45, 7) is 4.57. The maximum atomic E-state index is 12.0. The van der Waals surface area contributed by atoms with Gasteiger partial charge in [0.1, 0.15) is 0 Å². The molecular formula is C21H30N4OS2. The van der Waals surface area contributed by atoms with Crippen molar-refractivity contribution in [2.75, 3.05) is 0 Å². The van der Waals surface area contributed by atoms with E-state index < -0.39 is 0 Å². The van der Waals surface area contributed by atoms with Gasteiger partial charge in [-0.1, -0.05) is 38.8 Å². The van der Waals surface area contributed by atoms with Gasteiger partial charge in [0.25, 0.3) is 0 Å². The highest BCUT2D eigenvalue weighted by Gasteiger charge is 2.27. The number of carbonyl (C=O) groups is 1. The Kier molecular flexibility index (Phi) is 7.62. The SMILES string of the molecule is C[C@@H]1[C@H](C)CCC[C@H]1NC(=S)NNC(=O)CCCCc1nc2ccccc2s1. The van der Waals surface area contributed by atoms with Crippen molar-refractivity contribution in [3.8, 4) is 0 Å². The number of nitrogens with zero attached hydrogens (tertiary/aromatic N) is 1. The van der Waals surface area contributed by atoms with Crippen LogP contribution in [-0.4, -0.2) is 22.0 Å². The van der Waals surface area contributed by atoms with Crippen LogP contribution in [0.15, 0.2) is 24.3 Å². The minimum atomic E-state index is -0.0292. The number of benzene rings is 1. The molecule has 28 heavy (non-hydrogen) atoms. The molecule has 0 aliphatic heterocycles. The van der Waals surface area contributed by atoms with Gasteiger partial charge in [-0.25, -0.2) is 4.98 Å². The van der Waals surface area contributed by atoms with Gasteiger partial charge in [-0.2, -0.15) is 0 Å². The first-order valence-corrected chi connectivity index (χ1v) is 11.4. The van der Waals surface area contributed by atoms with E-state index in [1.807, 2.05) is 18.2 Å². The summed E-state index contributed by atoms with van der Waals surface area (Å²) in [4.78, 5) is 16.7. The molecule has 1 aromatic carbocycles. The maximum absolute atomic E-state index is 12.0. The van der Waals surface area contributed by atoms with Gasteiger partial charge in [0.05, 0.1) is 15.2 Å². The molecule has 1 heterocycles. The fourth-order valence-electron chi connectivity index (χ4n) is 3.77. The molecule has 3 atom stereocenters. The number of amides is 1. The number of thiazole rings is 1. The van der Waals surface area contributed by atoms with E-state index in [-0.39, 0.29) is 5.91 Å². The number of aromatic nitrogens is 1. The molecule has 0 unspecified atom stereocenters. The van der Waals surface area contributed by atoms with Crippen LogP contribution in [0.1, 0.15) is 57.4 Å². The third-order valence-corrected chi connectivity index (χ3v) is 7.04. The van der Waals surface area contributed by atoms with Crippen molar-refractivity contribution in [1.82, 2.24) is 21.2 Å². The van der Waals surface area contributed by atoms with Crippen LogP contribution in [0.3, 0.4) is 0 Å². The number of hydrogen-bond donors (Lipinski definition) is 3. The Morgan fingerprint density at radius 2 is 2.04 bits per heavy atom. The van der Waals surface area contributed by atoms with Crippen LogP contribution in [0.5, 0.6) is 0 Å². The Balaban J connectivity index is 1.30. The molecular weight excluding hydrogens is 388 g/mol. The van der Waals surface area contributed by atoms with E-state index in [1.54, 1.807) is 11.3 Å². The Morgan fingerprint density at radius 3 is 2.86 bits per heavy atom. The number of hydrazine groups is 1. The molecule has 3 N–H and O–H groups in total. The molecule has 2 aromatic rings. The fourth-order valence-corrected chi connectivity index (χ4v) is 4.98. The van der Waals surface area contributed by atoms with Crippen molar-refractivity contribution in [1.29, 1.82) is 0 Å². The van der Waals surface area contributed by atoms with Crippen molar-refractivity contribution in [2.45, 2.75) is 64.8 Å². The molecule has 152 valence electrons. The second-order valence-corrected chi connectivity index (χ2v) is 9.33. The van der Waals surface area contributed by atoms with E-state index in [0.29, 0.717) is 29.4 Å². The summed E-state index contributed by atoms with van der Waals surface area (Å²) < 4.78 is 1.22. The topological polar surface area (TPSA) is 66.0 Å². The average molecular weight is 419 g/mol. The summed E-state index contributed by atoms with van der Waals surface area (Å²) in [5.74, 6) is 1.27. The van der Waals surface area contributed by atoms with Gasteiger partial charge in [-0.05, 0) is 61.9 Å². The van der Waals surface area contributed by atoms with Crippen molar-refractivity contribution >= 4 is 44.8 Å². The number of aryl methyl sites for hydroxylation is 1. The standard InChI is InChI=1S/C21H30N4OS2/c1-14-8-7-10-16(15(14)2)23-21(27)25-24-19(26)12-5-6-13-20-22-17-9-3-4-11-18(17)28-20/h3-4,9,11,14-16H,5-8,10,12-13H2,1-2H3,(H,24,26)(H2,23,25,27)/t14-,15-,16-/m1/s1. The smallest absolute Gasteiger partial charge is 0.238 e. The minimum absolute atomic E-state index is 0.0292. The number of hydrogen-bond acceptors (Lipinski definition) is 4. The van der Waals surface area contributed by atoms with Crippen LogP contribution in [0.2, 0.25) is 0 Å². The molecule has 7 heteroatoms. The highest BCUT2D eigenvalue weighted by Crippen LogP contribution is 2.29. The number of fused-ring (bicyclic) bond motifs is 1. The van der Waals surface area contributed by atoms with E-state index in [4.69, 9.17) is 12.2 Å². The second-order valence-electron chi connectivity index (χ2n) is 7.80. The zero-order valence-electron chi connectivity index (χ0n) is 16.7. The normalized spacial score (nSPS) is 22.0. The molecule has 1 aliphatic carbocycles. The monoisotopic (exact) mass is 418 g/mol. The summed E-state index contributed by atoms with van der Waals surface area (Å²) in [7, 11) is 0. The first-order chi connectivity index (χ1) is 13.5. The third kappa shape index (κ3) is 5.88. The number of thiocarbonyl (C=S) groups is 1. The summed E-state index contributed by atoms with van der Waals surface area (Å²) in [5, 5.41) is 5.00. The minimum Gasteiger partial charge on any atom is -0.358 e. The highest BCUT2D eigenvalue weighted by atomic mass is 32.1. The molecule has 0 bridgehead atoms. The average Bonchev–Trinajstić information content (AvgIpc) is 3.10. The Labute approximate surface area is 176 Å². The van der Waals surface area contributed by atoms with Crippen LogP contribution in [0.25, 0.3) is 10.2 Å². The zero-order chi connectivity index (χ0) is 19.9. The lowest BCUT2D eigenvalue weighted by atomic mass is 9.78. The maximum Gasteiger partial charge on any atom is 0.238 e. The lowest BCUT2D eigenvalue weighted by Gasteiger charge is -2.35. The van der Waals surface area contributed by atoms with Gasteiger partial charge in [0, 0.05) is 12.5 Å². The first-order valence-electron chi connectivity index (χ1n) is 10.2. The molecule has 5 nitrogen and oxygen atoms in total. The van der Waals surface area contributed by atoms with E-state index >= 15 is 0 Å². The fraction of sp³-hybridized carbons (Fsp3) is 0.571. The Bertz CT molecular complexity index is 774. The summed E-state index contributed by atoms with van der Waals surface area (Å²) >= 11 is 7.07. The molecule has 1 aromatic heterocycles. The number of para-hydroxylation sites is 1. The molecule has 1 fully saturated rings. The van der Waals surface area contributed by atoms with E-state index in [9.17, 15) is 4.79 Å². The van der Waals surface area contributed by atoms with Crippen LogP contribution in [0.4, 0.5) is 0 Å². The largest absolute Gasteiger partial charge is 0.358 e. The van der Waals surface area contributed by atoms with Crippen molar-refractivity contribution in [3.05, 3.63) is 29.3 Å². The van der Waals surface area contributed by atoms with Gasteiger partial charge >= 0.3 is 0 Å². The lowest BCUT2D eigenvalue weighted by Crippen LogP contribution is -2.52. The summed E-state index contributed by atoms with van der Waals surface area (Å²) in [6, 6.07) is 8.57. The van der Waals surface area contributed by atoms with Gasteiger partial charge in [0.2, 0.25) is 5.91 Å². The molecule has 1 saturated carbocycles. The van der Waals surface area contributed by atoms with E-state index in [1.165, 1.54) is 17.5 Å². The molecule has 3 rings (SSSR count). The second kappa shape index (κ2) is 10.2. The molecule has 1 amide bonds.